The standard InChI is InChI=1S/C16H19N3O2/c20-16-19(14-3-1-2-4-15(14)21-16)11-12-5-6-13-9-17-7-8-18(13)10-12/h1-4,9,12,17H,5-8,10-11H2. The number of nitrogens with one attached hydrogen (secondary N) is 1. The van der Waals surface area contributed by atoms with Crippen molar-refractivity contribution in [1.29, 1.82) is 0 Å². The second-order valence-electron chi connectivity index (χ2n) is 5.89. The average Bonchev–Trinajstić information content (AvgIpc) is 2.83. The molecule has 1 aromatic carbocycles. The third-order valence-corrected chi connectivity index (χ3v) is 4.50. The highest BCUT2D eigenvalue weighted by Crippen LogP contribution is 2.27. The summed E-state index contributed by atoms with van der Waals surface area (Å²) in [5, 5.41) is 3.30. The Kier molecular flexibility index (Phi) is 2.98. The Morgan fingerprint density at radius 3 is 3.19 bits per heavy atom. The molecule has 5 heteroatoms. The van der Waals surface area contributed by atoms with E-state index in [1.54, 1.807) is 4.57 Å². The monoisotopic (exact) mass is 285 g/mol. The van der Waals surface area contributed by atoms with Gasteiger partial charge in [-0.3, -0.25) is 4.57 Å². The predicted molar refractivity (Wildman–Crippen MR) is 80.9 cm³/mol. The van der Waals surface area contributed by atoms with Crippen LogP contribution in [0.25, 0.3) is 11.1 Å². The first-order chi connectivity index (χ1) is 10.3. The van der Waals surface area contributed by atoms with Crippen molar-refractivity contribution < 1.29 is 4.42 Å². The van der Waals surface area contributed by atoms with Crippen molar-refractivity contribution in [2.75, 3.05) is 19.6 Å². The molecule has 0 amide bonds. The second kappa shape index (κ2) is 4.98. The molecule has 0 radical (unpaired) electrons. The maximum atomic E-state index is 12.1. The lowest BCUT2D eigenvalue weighted by Crippen LogP contribution is -2.42. The molecule has 4 rings (SSSR count). The summed E-state index contributed by atoms with van der Waals surface area (Å²) in [5.41, 5.74) is 2.99. The van der Waals surface area contributed by atoms with Crippen molar-refractivity contribution in [2.24, 2.45) is 5.92 Å². The van der Waals surface area contributed by atoms with Crippen LogP contribution < -0.4 is 11.1 Å². The fraction of sp³-hybridized carbons (Fsp3) is 0.438. The smallest absolute Gasteiger partial charge is 0.408 e. The molecule has 0 saturated carbocycles. The van der Waals surface area contributed by atoms with Crippen LogP contribution in [0.5, 0.6) is 0 Å². The summed E-state index contributed by atoms with van der Waals surface area (Å²) in [6, 6.07) is 7.66. The van der Waals surface area contributed by atoms with Gasteiger partial charge in [0.1, 0.15) is 0 Å². The van der Waals surface area contributed by atoms with E-state index in [0.717, 1.165) is 44.5 Å². The van der Waals surface area contributed by atoms with Crippen LogP contribution in [0.1, 0.15) is 12.8 Å². The summed E-state index contributed by atoms with van der Waals surface area (Å²) in [4.78, 5) is 14.5. The summed E-state index contributed by atoms with van der Waals surface area (Å²) in [6.45, 7) is 3.83. The number of piperidine rings is 1. The Hall–Kier alpha value is -2.17. The van der Waals surface area contributed by atoms with Crippen molar-refractivity contribution >= 4 is 11.1 Å². The third kappa shape index (κ3) is 2.22. The van der Waals surface area contributed by atoms with Crippen molar-refractivity contribution in [3.05, 3.63) is 46.7 Å². The van der Waals surface area contributed by atoms with Gasteiger partial charge in [-0.05, 0) is 30.9 Å². The van der Waals surface area contributed by atoms with E-state index in [4.69, 9.17) is 4.42 Å². The third-order valence-electron chi connectivity index (χ3n) is 4.50. The molecule has 1 atom stereocenters. The molecule has 1 fully saturated rings. The van der Waals surface area contributed by atoms with Gasteiger partial charge in [0.25, 0.3) is 0 Å². The van der Waals surface area contributed by atoms with Crippen molar-refractivity contribution in [3.8, 4) is 0 Å². The maximum absolute atomic E-state index is 12.1. The van der Waals surface area contributed by atoms with E-state index in [2.05, 4.69) is 16.4 Å². The normalized spacial score (nSPS) is 21.8. The fourth-order valence-corrected chi connectivity index (χ4v) is 3.41. The molecule has 2 aliphatic heterocycles. The number of fused-ring (bicyclic) bond motifs is 2. The Bertz CT molecular complexity index is 743. The molecule has 1 unspecified atom stereocenters. The maximum Gasteiger partial charge on any atom is 0.419 e. The first-order valence-corrected chi connectivity index (χ1v) is 7.57. The van der Waals surface area contributed by atoms with E-state index in [1.807, 2.05) is 24.3 Å². The van der Waals surface area contributed by atoms with Crippen molar-refractivity contribution in [2.45, 2.75) is 19.4 Å². The minimum atomic E-state index is -0.238. The summed E-state index contributed by atoms with van der Waals surface area (Å²) >= 11 is 0. The number of benzene rings is 1. The quantitative estimate of drug-likeness (QED) is 0.913. The second-order valence-corrected chi connectivity index (χ2v) is 5.89. The topological polar surface area (TPSA) is 50.4 Å². The number of aromatic nitrogens is 1. The van der Waals surface area contributed by atoms with Crippen LogP contribution in [0.4, 0.5) is 0 Å². The molecule has 5 nitrogen and oxygen atoms in total. The van der Waals surface area contributed by atoms with E-state index >= 15 is 0 Å². The molecule has 3 heterocycles. The Balaban J connectivity index is 1.58. The average molecular weight is 285 g/mol. The Labute approximate surface area is 122 Å². The van der Waals surface area contributed by atoms with Crippen LogP contribution in [0.3, 0.4) is 0 Å². The number of para-hydroxylation sites is 2. The first-order valence-electron chi connectivity index (χ1n) is 7.57. The van der Waals surface area contributed by atoms with Crippen LogP contribution in [0.2, 0.25) is 0 Å². The van der Waals surface area contributed by atoms with Gasteiger partial charge in [0, 0.05) is 38.1 Å². The zero-order valence-electron chi connectivity index (χ0n) is 11.9. The van der Waals surface area contributed by atoms with E-state index in [9.17, 15) is 4.79 Å². The van der Waals surface area contributed by atoms with Gasteiger partial charge in [-0.15, -0.1) is 0 Å². The number of oxazole rings is 1. The SMILES string of the molecule is O=c1oc2ccccc2n1CC1CCC2=CNCCN2C1. The number of hydrogen-bond donors (Lipinski definition) is 1. The molecule has 110 valence electrons. The molecule has 0 aliphatic carbocycles. The number of hydrogen-bond acceptors (Lipinski definition) is 4. The van der Waals surface area contributed by atoms with Gasteiger partial charge < -0.3 is 14.6 Å². The highest BCUT2D eigenvalue weighted by atomic mass is 16.4. The van der Waals surface area contributed by atoms with E-state index < -0.39 is 0 Å². The van der Waals surface area contributed by atoms with Crippen LogP contribution in [0, 0.1) is 5.92 Å². The van der Waals surface area contributed by atoms with Crippen molar-refractivity contribution in [3.63, 3.8) is 0 Å². The molecular weight excluding hydrogens is 266 g/mol. The lowest BCUT2D eigenvalue weighted by molar-refractivity contribution is 0.200. The highest BCUT2D eigenvalue weighted by Gasteiger charge is 2.25. The molecule has 1 saturated heterocycles. The Morgan fingerprint density at radius 2 is 2.24 bits per heavy atom. The lowest BCUT2D eigenvalue weighted by Gasteiger charge is -2.38. The van der Waals surface area contributed by atoms with E-state index in [1.165, 1.54) is 5.70 Å². The minimum absolute atomic E-state index is 0.238. The van der Waals surface area contributed by atoms with Gasteiger partial charge in [-0.2, -0.15) is 0 Å². The molecule has 0 spiro atoms. The molecule has 1 aromatic heterocycles. The number of rotatable bonds is 2. The highest BCUT2D eigenvalue weighted by molar-refractivity contribution is 5.72. The van der Waals surface area contributed by atoms with Gasteiger partial charge >= 0.3 is 5.76 Å². The number of nitrogens with zero attached hydrogens (tertiary/aromatic N) is 2. The molecule has 2 aliphatic rings. The van der Waals surface area contributed by atoms with Gasteiger partial charge in [-0.25, -0.2) is 4.79 Å². The zero-order chi connectivity index (χ0) is 14.2. The minimum Gasteiger partial charge on any atom is -0.408 e. The van der Waals surface area contributed by atoms with Crippen LogP contribution in [0.15, 0.2) is 45.4 Å². The van der Waals surface area contributed by atoms with Gasteiger partial charge in [0.2, 0.25) is 0 Å². The largest absolute Gasteiger partial charge is 0.419 e. The molecule has 21 heavy (non-hydrogen) atoms. The zero-order valence-corrected chi connectivity index (χ0v) is 11.9. The van der Waals surface area contributed by atoms with Crippen molar-refractivity contribution in [1.82, 2.24) is 14.8 Å². The Morgan fingerprint density at radius 1 is 1.33 bits per heavy atom. The van der Waals surface area contributed by atoms with Gasteiger partial charge in [0.15, 0.2) is 5.58 Å². The summed E-state index contributed by atoms with van der Waals surface area (Å²) < 4.78 is 7.11. The summed E-state index contributed by atoms with van der Waals surface area (Å²) in [7, 11) is 0. The van der Waals surface area contributed by atoms with E-state index in [-0.39, 0.29) is 5.76 Å². The molecule has 1 N–H and O–H groups in total. The van der Waals surface area contributed by atoms with Crippen LogP contribution in [-0.4, -0.2) is 29.1 Å². The summed E-state index contributed by atoms with van der Waals surface area (Å²) in [6.07, 6.45) is 4.34. The van der Waals surface area contributed by atoms with Gasteiger partial charge in [0.05, 0.1) is 5.52 Å². The number of allylic oxidation sites excluding steroid dienone is 1. The molecular formula is C16H19N3O2. The summed E-state index contributed by atoms with van der Waals surface area (Å²) in [5.74, 6) is 0.261. The molecule has 2 aromatic rings. The molecule has 0 bridgehead atoms. The van der Waals surface area contributed by atoms with E-state index in [0.29, 0.717) is 11.5 Å². The van der Waals surface area contributed by atoms with Crippen LogP contribution in [-0.2, 0) is 6.54 Å². The fourth-order valence-electron chi connectivity index (χ4n) is 3.41. The van der Waals surface area contributed by atoms with Crippen LogP contribution >= 0.6 is 0 Å². The lowest BCUT2D eigenvalue weighted by atomic mass is 9.95. The first kappa shape index (κ1) is 12.6. The predicted octanol–water partition coefficient (Wildman–Crippen LogP) is 1.75. The van der Waals surface area contributed by atoms with Gasteiger partial charge in [-0.1, -0.05) is 12.1 Å².